The highest BCUT2D eigenvalue weighted by molar-refractivity contribution is 5.36. The van der Waals surface area contributed by atoms with Crippen LogP contribution in [-0.2, 0) is 0 Å². The molecule has 1 aromatic heterocycles. The van der Waals surface area contributed by atoms with E-state index in [9.17, 15) is 4.39 Å². The van der Waals surface area contributed by atoms with E-state index >= 15 is 0 Å². The van der Waals surface area contributed by atoms with Crippen LogP contribution in [0.5, 0.6) is 5.75 Å². The second-order valence-electron chi connectivity index (χ2n) is 4.83. The second-order valence-corrected chi connectivity index (χ2v) is 4.83. The Kier molecular flexibility index (Phi) is 3.76. The molecule has 4 nitrogen and oxygen atoms in total. The predicted molar refractivity (Wildman–Crippen MR) is 74.4 cm³/mol. The SMILES string of the molecule is Fc1ccc(OCCNc2cc(C3CC3)ncn2)cc1. The zero-order valence-corrected chi connectivity index (χ0v) is 11.1. The van der Waals surface area contributed by atoms with E-state index in [1.54, 1.807) is 18.5 Å². The van der Waals surface area contributed by atoms with Crippen LogP contribution in [0.1, 0.15) is 24.5 Å². The summed E-state index contributed by atoms with van der Waals surface area (Å²) < 4.78 is 18.2. The number of hydrogen-bond donors (Lipinski definition) is 1. The molecular weight excluding hydrogens is 257 g/mol. The minimum absolute atomic E-state index is 0.260. The molecule has 5 heteroatoms. The number of anilines is 1. The number of rotatable bonds is 6. The largest absolute Gasteiger partial charge is 0.492 e. The van der Waals surface area contributed by atoms with Gasteiger partial charge >= 0.3 is 0 Å². The normalized spacial score (nSPS) is 14.1. The van der Waals surface area contributed by atoms with Crippen LogP contribution in [0, 0.1) is 5.82 Å². The van der Waals surface area contributed by atoms with Gasteiger partial charge in [-0.05, 0) is 37.1 Å². The Morgan fingerprint density at radius 3 is 2.75 bits per heavy atom. The fourth-order valence-corrected chi connectivity index (χ4v) is 1.95. The molecule has 0 amide bonds. The number of nitrogens with one attached hydrogen (secondary N) is 1. The van der Waals surface area contributed by atoms with E-state index in [1.807, 2.05) is 6.07 Å². The third-order valence-electron chi connectivity index (χ3n) is 3.17. The van der Waals surface area contributed by atoms with Gasteiger partial charge in [0.05, 0.1) is 6.54 Å². The van der Waals surface area contributed by atoms with Gasteiger partial charge in [0.1, 0.15) is 30.3 Å². The summed E-state index contributed by atoms with van der Waals surface area (Å²) in [6.07, 6.45) is 4.05. The van der Waals surface area contributed by atoms with Crippen LogP contribution in [0.4, 0.5) is 10.2 Å². The lowest BCUT2D eigenvalue weighted by atomic mass is 10.3. The van der Waals surface area contributed by atoms with Crippen LogP contribution in [0.3, 0.4) is 0 Å². The van der Waals surface area contributed by atoms with E-state index in [4.69, 9.17) is 4.74 Å². The summed E-state index contributed by atoms with van der Waals surface area (Å²) in [7, 11) is 0. The van der Waals surface area contributed by atoms with Crippen molar-refractivity contribution in [2.24, 2.45) is 0 Å². The quantitative estimate of drug-likeness (QED) is 0.822. The fourth-order valence-electron chi connectivity index (χ4n) is 1.95. The molecular formula is C15H16FN3O. The summed E-state index contributed by atoms with van der Waals surface area (Å²) in [5, 5.41) is 3.20. The maximum atomic E-state index is 12.7. The number of benzene rings is 1. The van der Waals surface area contributed by atoms with Crippen molar-refractivity contribution >= 4 is 5.82 Å². The predicted octanol–water partition coefficient (Wildman–Crippen LogP) is 2.98. The molecule has 104 valence electrons. The van der Waals surface area contributed by atoms with Gasteiger partial charge in [-0.3, -0.25) is 0 Å². The molecule has 1 aliphatic carbocycles. The van der Waals surface area contributed by atoms with E-state index < -0.39 is 0 Å². The zero-order chi connectivity index (χ0) is 13.8. The van der Waals surface area contributed by atoms with Crippen LogP contribution in [-0.4, -0.2) is 23.1 Å². The van der Waals surface area contributed by atoms with Crippen molar-refractivity contribution in [1.82, 2.24) is 9.97 Å². The van der Waals surface area contributed by atoms with Gasteiger partial charge in [-0.1, -0.05) is 0 Å². The Balaban J connectivity index is 1.45. The molecule has 1 aromatic carbocycles. The van der Waals surface area contributed by atoms with Crippen molar-refractivity contribution in [3.8, 4) is 5.75 Å². The van der Waals surface area contributed by atoms with Crippen LogP contribution >= 0.6 is 0 Å². The van der Waals surface area contributed by atoms with Gasteiger partial charge < -0.3 is 10.1 Å². The molecule has 3 rings (SSSR count). The van der Waals surface area contributed by atoms with E-state index in [-0.39, 0.29) is 5.82 Å². The van der Waals surface area contributed by atoms with Crippen molar-refractivity contribution in [2.75, 3.05) is 18.5 Å². The van der Waals surface area contributed by atoms with E-state index in [2.05, 4.69) is 15.3 Å². The second kappa shape index (κ2) is 5.86. The molecule has 0 radical (unpaired) electrons. The van der Waals surface area contributed by atoms with Crippen LogP contribution in [0.2, 0.25) is 0 Å². The summed E-state index contributed by atoms with van der Waals surface area (Å²) in [5.41, 5.74) is 1.11. The van der Waals surface area contributed by atoms with Gasteiger partial charge in [-0.15, -0.1) is 0 Å². The number of halogens is 1. The van der Waals surface area contributed by atoms with Gasteiger partial charge in [0.2, 0.25) is 0 Å². The summed E-state index contributed by atoms with van der Waals surface area (Å²) in [4.78, 5) is 8.45. The van der Waals surface area contributed by atoms with Crippen molar-refractivity contribution in [3.05, 3.63) is 48.2 Å². The van der Waals surface area contributed by atoms with Crippen molar-refractivity contribution in [2.45, 2.75) is 18.8 Å². The number of aromatic nitrogens is 2. The summed E-state index contributed by atoms with van der Waals surface area (Å²) in [6.45, 7) is 1.13. The molecule has 0 spiro atoms. The highest BCUT2D eigenvalue weighted by Crippen LogP contribution is 2.39. The van der Waals surface area contributed by atoms with Gasteiger partial charge in [-0.2, -0.15) is 0 Å². The highest BCUT2D eigenvalue weighted by atomic mass is 19.1. The lowest BCUT2D eigenvalue weighted by Crippen LogP contribution is -2.12. The zero-order valence-electron chi connectivity index (χ0n) is 11.1. The minimum atomic E-state index is -0.260. The van der Waals surface area contributed by atoms with Crippen molar-refractivity contribution in [3.63, 3.8) is 0 Å². The van der Waals surface area contributed by atoms with Crippen molar-refractivity contribution < 1.29 is 9.13 Å². The molecule has 0 saturated heterocycles. The third-order valence-corrected chi connectivity index (χ3v) is 3.17. The Hall–Kier alpha value is -2.17. The lowest BCUT2D eigenvalue weighted by molar-refractivity contribution is 0.332. The monoisotopic (exact) mass is 273 g/mol. The molecule has 0 aliphatic heterocycles. The fraction of sp³-hybridized carbons (Fsp3) is 0.333. The molecule has 1 saturated carbocycles. The van der Waals surface area contributed by atoms with Gasteiger partial charge in [0, 0.05) is 17.7 Å². The van der Waals surface area contributed by atoms with Gasteiger partial charge in [0.25, 0.3) is 0 Å². The third kappa shape index (κ3) is 3.44. The van der Waals surface area contributed by atoms with Crippen LogP contribution < -0.4 is 10.1 Å². The van der Waals surface area contributed by atoms with Crippen LogP contribution in [0.15, 0.2) is 36.7 Å². The molecule has 0 atom stereocenters. The first-order valence-electron chi connectivity index (χ1n) is 6.75. The first-order chi connectivity index (χ1) is 9.81. The number of ether oxygens (including phenoxy) is 1. The van der Waals surface area contributed by atoms with Crippen molar-refractivity contribution in [1.29, 1.82) is 0 Å². The number of nitrogens with zero attached hydrogens (tertiary/aromatic N) is 2. The van der Waals surface area contributed by atoms with Crippen LogP contribution in [0.25, 0.3) is 0 Å². The molecule has 1 aliphatic rings. The maximum Gasteiger partial charge on any atom is 0.129 e. The molecule has 0 bridgehead atoms. The Morgan fingerprint density at radius 1 is 1.20 bits per heavy atom. The molecule has 20 heavy (non-hydrogen) atoms. The Bertz CT molecular complexity index is 570. The van der Waals surface area contributed by atoms with E-state index in [0.29, 0.717) is 24.8 Å². The molecule has 1 heterocycles. The topological polar surface area (TPSA) is 47.0 Å². The number of hydrogen-bond acceptors (Lipinski definition) is 4. The lowest BCUT2D eigenvalue weighted by Gasteiger charge is -2.08. The smallest absolute Gasteiger partial charge is 0.129 e. The first-order valence-corrected chi connectivity index (χ1v) is 6.75. The molecule has 1 N–H and O–H groups in total. The summed E-state index contributed by atoms with van der Waals surface area (Å²) in [5.74, 6) is 1.84. The summed E-state index contributed by atoms with van der Waals surface area (Å²) in [6, 6.07) is 8.00. The van der Waals surface area contributed by atoms with E-state index in [1.165, 1.54) is 25.0 Å². The molecule has 1 fully saturated rings. The Morgan fingerprint density at radius 2 is 2.00 bits per heavy atom. The highest BCUT2D eigenvalue weighted by Gasteiger charge is 2.25. The van der Waals surface area contributed by atoms with Gasteiger partial charge in [-0.25, -0.2) is 14.4 Å². The minimum Gasteiger partial charge on any atom is -0.492 e. The average molecular weight is 273 g/mol. The molecule has 0 unspecified atom stereocenters. The standard InChI is InChI=1S/C15H16FN3O/c16-12-3-5-13(6-4-12)20-8-7-17-15-9-14(11-1-2-11)18-10-19-15/h3-6,9-11H,1-2,7-8H2,(H,17,18,19). The van der Waals surface area contributed by atoms with E-state index in [0.717, 1.165) is 11.5 Å². The summed E-state index contributed by atoms with van der Waals surface area (Å²) >= 11 is 0. The maximum absolute atomic E-state index is 12.7. The average Bonchev–Trinajstić information content (AvgIpc) is 3.30. The first kappa shape index (κ1) is 12.8. The Labute approximate surface area is 117 Å². The van der Waals surface area contributed by atoms with Gasteiger partial charge in [0.15, 0.2) is 0 Å². The molecule has 2 aromatic rings.